The summed E-state index contributed by atoms with van der Waals surface area (Å²) in [6.07, 6.45) is 3.67. The van der Waals surface area contributed by atoms with Crippen LogP contribution in [0.2, 0.25) is 0 Å². The molecule has 0 spiro atoms. The van der Waals surface area contributed by atoms with Gasteiger partial charge in [-0.25, -0.2) is 14.4 Å². The Labute approximate surface area is 219 Å². The van der Waals surface area contributed by atoms with E-state index in [2.05, 4.69) is 32.8 Å². The van der Waals surface area contributed by atoms with E-state index in [1.54, 1.807) is 30.5 Å². The van der Waals surface area contributed by atoms with Gasteiger partial charge in [0.25, 0.3) is 5.91 Å². The normalized spacial score (nSPS) is 13.6. The van der Waals surface area contributed by atoms with Crippen molar-refractivity contribution in [3.8, 4) is 22.6 Å². The summed E-state index contributed by atoms with van der Waals surface area (Å²) in [7, 11) is 1.65. The second kappa shape index (κ2) is 9.97. The third-order valence-electron chi connectivity index (χ3n) is 6.95. The Morgan fingerprint density at radius 1 is 0.895 bits per heavy atom. The number of methoxy groups -OCH3 is 1. The van der Waals surface area contributed by atoms with E-state index in [-0.39, 0.29) is 11.5 Å². The Bertz CT molecular complexity index is 1610. The van der Waals surface area contributed by atoms with Gasteiger partial charge in [0, 0.05) is 44.0 Å². The van der Waals surface area contributed by atoms with Crippen LogP contribution >= 0.6 is 0 Å². The van der Waals surface area contributed by atoms with Crippen LogP contribution in [0.5, 0.6) is 5.75 Å². The summed E-state index contributed by atoms with van der Waals surface area (Å²) in [4.78, 5) is 26.2. The summed E-state index contributed by atoms with van der Waals surface area (Å²) >= 11 is 0. The average molecular weight is 508 g/mol. The fourth-order valence-electron chi connectivity index (χ4n) is 5.01. The van der Waals surface area contributed by atoms with Gasteiger partial charge in [0.2, 0.25) is 0 Å². The van der Waals surface area contributed by atoms with E-state index in [0.29, 0.717) is 26.2 Å². The predicted molar refractivity (Wildman–Crippen MR) is 145 cm³/mol. The van der Waals surface area contributed by atoms with Crippen LogP contribution in [-0.4, -0.2) is 58.6 Å². The van der Waals surface area contributed by atoms with E-state index in [1.807, 2.05) is 42.5 Å². The molecule has 1 fully saturated rings. The first kappa shape index (κ1) is 23.7. The van der Waals surface area contributed by atoms with Gasteiger partial charge in [-0.3, -0.25) is 4.79 Å². The highest BCUT2D eigenvalue weighted by Gasteiger charge is 2.27. The second-order valence-corrected chi connectivity index (χ2v) is 9.14. The molecule has 0 unspecified atom stereocenters. The Morgan fingerprint density at radius 3 is 2.42 bits per heavy atom. The van der Waals surface area contributed by atoms with Crippen LogP contribution in [0.4, 0.5) is 10.2 Å². The summed E-state index contributed by atoms with van der Waals surface area (Å²) in [6, 6.07) is 24.2. The van der Waals surface area contributed by atoms with Gasteiger partial charge in [0.05, 0.1) is 23.7 Å². The fourth-order valence-corrected chi connectivity index (χ4v) is 5.01. The Kier molecular flexibility index (Phi) is 6.21. The minimum atomic E-state index is -0.496. The van der Waals surface area contributed by atoms with Crippen molar-refractivity contribution >= 4 is 22.8 Å². The number of aromatic nitrogens is 3. The minimum absolute atomic E-state index is 0.104. The second-order valence-electron chi connectivity index (χ2n) is 9.14. The van der Waals surface area contributed by atoms with Crippen molar-refractivity contribution in [1.82, 2.24) is 19.4 Å². The van der Waals surface area contributed by atoms with Crippen LogP contribution in [-0.2, 0) is 0 Å². The zero-order valence-corrected chi connectivity index (χ0v) is 20.9. The van der Waals surface area contributed by atoms with Gasteiger partial charge in [0.1, 0.15) is 23.7 Å². The Morgan fingerprint density at radius 2 is 1.66 bits per heavy atom. The maximum atomic E-state index is 14.2. The molecular weight excluding hydrogens is 481 g/mol. The number of carbonyl (C=O) groups excluding carboxylic acids is 1. The number of hydrogen-bond acceptors (Lipinski definition) is 5. The van der Waals surface area contributed by atoms with Crippen molar-refractivity contribution in [2.75, 3.05) is 38.2 Å². The standard InChI is InChI=1S/C30H26FN5O2/c1-38-23-11-7-10-22(18-23)36-19-25(21-8-3-2-4-9-21)27-28(32-20-33-29(27)36)34-14-16-35(17-15-34)30(37)24-12-5-6-13-26(24)31/h2-13,18-20H,14-17H2,1H3. The van der Waals surface area contributed by atoms with Crippen LogP contribution in [0, 0.1) is 5.82 Å². The molecule has 3 heterocycles. The first-order valence-corrected chi connectivity index (χ1v) is 12.5. The summed E-state index contributed by atoms with van der Waals surface area (Å²) in [6.45, 7) is 2.08. The predicted octanol–water partition coefficient (Wildman–Crippen LogP) is 5.20. The number of ether oxygens (including phenoxy) is 1. The highest BCUT2D eigenvalue weighted by atomic mass is 19.1. The lowest BCUT2D eigenvalue weighted by Crippen LogP contribution is -2.49. The molecule has 1 amide bonds. The van der Waals surface area contributed by atoms with Crippen LogP contribution in [0.15, 0.2) is 91.4 Å². The van der Waals surface area contributed by atoms with Gasteiger partial charge in [0.15, 0.2) is 5.65 Å². The van der Waals surface area contributed by atoms with Gasteiger partial charge < -0.3 is 19.1 Å². The summed E-state index contributed by atoms with van der Waals surface area (Å²) in [5.41, 5.74) is 3.90. The van der Waals surface area contributed by atoms with Gasteiger partial charge in [-0.2, -0.15) is 0 Å². The molecule has 0 N–H and O–H groups in total. The van der Waals surface area contributed by atoms with E-state index in [4.69, 9.17) is 9.72 Å². The number of fused-ring (bicyclic) bond motifs is 1. The molecule has 7 nitrogen and oxygen atoms in total. The highest BCUT2D eigenvalue weighted by molar-refractivity contribution is 6.02. The van der Waals surface area contributed by atoms with Crippen molar-refractivity contribution in [2.24, 2.45) is 0 Å². The maximum Gasteiger partial charge on any atom is 0.256 e. The first-order chi connectivity index (χ1) is 18.6. The van der Waals surface area contributed by atoms with E-state index < -0.39 is 5.82 Å². The largest absolute Gasteiger partial charge is 0.497 e. The molecule has 0 atom stereocenters. The summed E-state index contributed by atoms with van der Waals surface area (Å²) < 4.78 is 21.7. The SMILES string of the molecule is COc1cccc(-n2cc(-c3ccccc3)c3c(N4CCN(C(=O)c5ccccc5F)CC4)ncnc32)c1. The molecule has 0 radical (unpaired) electrons. The molecule has 0 saturated carbocycles. The average Bonchev–Trinajstić information content (AvgIpc) is 3.38. The van der Waals surface area contributed by atoms with Crippen molar-refractivity contribution < 1.29 is 13.9 Å². The van der Waals surface area contributed by atoms with Crippen molar-refractivity contribution in [3.05, 3.63) is 103 Å². The van der Waals surface area contributed by atoms with Crippen LogP contribution in [0.25, 0.3) is 27.8 Å². The molecule has 38 heavy (non-hydrogen) atoms. The number of piperazine rings is 1. The molecule has 3 aromatic carbocycles. The topological polar surface area (TPSA) is 63.5 Å². The van der Waals surface area contributed by atoms with Gasteiger partial charge >= 0.3 is 0 Å². The smallest absolute Gasteiger partial charge is 0.256 e. The van der Waals surface area contributed by atoms with E-state index >= 15 is 0 Å². The molecule has 1 aliphatic heterocycles. The molecule has 6 rings (SSSR count). The molecule has 0 bridgehead atoms. The lowest BCUT2D eigenvalue weighted by atomic mass is 10.1. The number of nitrogens with zero attached hydrogens (tertiary/aromatic N) is 5. The van der Waals surface area contributed by atoms with Crippen molar-refractivity contribution in [1.29, 1.82) is 0 Å². The number of carbonyl (C=O) groups is 1. The molecule has 1 saturated heterocycles. The van der Waals surface area contributed by atoms with Crippen molar-refractivity contribution in [3.63, 3.8) is 0 Å². The number of hydrogen-bond donors (Lipinski definition) is 0. The zero-order chi connectivity index (χ0) is 26.1. The lowest BCUT2D eigenvalue weighted by molar-refractivity contribution is 0.0742. The Hall–Kier alpha value is -4.72. The van der Waals surface area contributed by atoms with E-state index in [9.17, 15) is 9.18 Å². The van der Waals surface area contributed by atoms with Gasteiger partial charge in [-0.05, 0) is 29.8 Å². The number of halogens is 1. The molecular formula is C30H26FN5O2. The summed E-state index contributed by atoms with van der Waals surface area (Å²) in [5.74, 6) is 0.789. The van der Waals surface area contributed by atoms with Crippen LogP contribution in [0.1, 0.15) is 10.4 Å². The Balaban J connectivity index is 1.38. The first-order valence-electron chi connectivity index (χ1n) is 12.5. The number of anilines is 1. The minimum Gasteiger partial charge on any atom is -0.497 e. The van der Waals surface area contributed by atoms with E-state index in [1.165, 1.54) is 12.1 Å². The van der Waals surface area contributed by atoms with Crippen LogP contribution < -0.4 is 9.64 Å². The number of amides is 1. The maximum absolute atomic E-state index is 14.2. The van der Waals surface area contributed by atoms with Gasteiger partial charge in [-0.15, -0.1) is 0 Å². The van der Waals surface area contributed by atoms with E-state index in [0.717, 1.165) is 39.4 Å². The molecule has 2 aromatic heterocycles. The lowest BCUT2D eigenvalue weighted by Gasteiger charge is -2.35. The molecule has 5 aromatic rings. The molecule has 190 valence electrons. The van der Waals surface area contributed by atoms with Gasteiger partial charge in [-0.1, -0.05) is 48.5 Å². The number of rotatable bonds is 5. The number of benzene rings is 3. The fraction of sp³-hybridized carbons (Fsp3) is 0.167. The zero-order valence-electron chi connectivity index (χ0n) is 20.9. The molecule has 1 aliphatic rings. The monoisotopic (exact) mass is 507 g/mol. The third-order valence-corrected chi connectivity index (χ3v) is 6.95. The molecule has 0 aliphatic carbocycles. The van der Waals surface area contributed by atoms with Crippen molar-refractivity contribution in [2.45, 2.75) is 0 Å². The highest BCUT2D eigenvalue weighted by Crippen LogP contribution is 2.37. The third kappa shape index (κ3) is 4.24. The molecule has 8 heteroatoms. The summed E-state index contributed by atoms with van der Waals surface area (Å²) in [5, 5.41) is 0.940. The quantitative estimate of drug-likeness (QED) is 0.327. The van der Waals surface area contributed by atoms with Crippen LogP contribution in [0.3, 0.4) is 0 Å².